The first-order chi connectivity index (χ1) is 13.9. The number of amides is 2. The summed E-state index contributed by atoms with van der Waals surface area (Å²) in [5.74, 6) is 0.0543. The Morgan fingerprint density at radius 3 is 2.76 bits per heavy atom. The van der Waals surface area contributed by atoms with Crippen molar-refractivity contribution in [1.82, 2.24) is 14.8 Å². The van der Waals surface area contributed by atoms with Crippen LogP contribution < -0.4 is 5.32 Å². The van der Waals surface area contributed by atoms with Crippen molar-refractivity contribution < 1.29 is 18.7 Å². The number of anilines is 1. The SMILES string of the molecule is Cc1ccc(C(=O)N2C[C@H]3COC[C@@H]2CN(C)C3)cc1NC(=O)c1ocnc1C. The van der Waals surface area contributed by atoms with Crippen LogP contribution in [0.15, 0.2) is 29.0 Å². The molecule has 0 saturated carbocycles. The van der Waals surface area contributed by atoms with Crippen LogP contribution in [0.2, 0.25) is 0 Å². The van der Waals surface area contributed by atoms with E-state index in [0.717, 1.165) is 18.7 Å². The zero-order chi connectivity index (χ0) is 20.5. The third-order valence-electron chi connectivity index (χ3n) is 5.60. The highest BCUT2D eigenvalue weighted by Crippen LogP contribution is 2.24. The Morgan fingerprint density at radius 2 is 2.00 bits per heavy atom. The molecular weight excluding hydrogens is 372 g/mol. The first-order valence-corrected chi connectivity index (χ1v) is 9.81. The molecular formula is C21H26N4O4. The fourth-order valence-corrected chi connectivity index (χ4v) is 4.08. The number of carbonyl (C=O) groups excluding carboxylic acids is 2. The lowest BCUT2D eigenvalue weighted by molar-refractivity contribution is 0.0483. The molecule has 3 heterocycles. The molecule has 1 aromatic carbocycles. The van der Waals surface area contributed by atoms with Gasteiger partial charge in [-0.2, -0.15) is 0 Å². The lowest BCUT2D eigenvalue weighted by Crippen LogP contribution is -2.46. The van der Waals surface area contributed by atoms with E-state index in [4.69, 9.17) is 9.15 Å². The van der Waals surface area contributed by atoms with Gasteiger partial charge in [0.1, 0.15) is 0 Å². The molecule has 8 heteroatoms. The molecule has 1 aromatic heterocycles. The van der Waals surface area contributed by atoms with Crippen LogP contribution in [0.4, 0.5) is 5.69 Å². The highest BCUT2D eigenvalue weighted by molar-refractivity contribution is 6.04. The molecule has 2 saturated heterocycles. The number of ether oxygens (including phenoxy) is 1. The molecule has 2 bridgehead atoms. The zero-order valence-electron chi connectivity index (χ0n) is 17.0. The minimum Gasteiger partial charge on any atom is -0.438 e. The Labute approximate surface area is 169 Å². The van der Waals surface area contributed by atoms with Crippen molar-refractivity contribution in [2.75, 3.05) is 45.2 Å². The van der Waals surface area contributed by atoms with Crippen molar-refractivity contribution in [3.05, 3.63) is 47.2 Å². The van der Waals surface area contributed by atoms with Gasteiger partial charge in [-0.3, -0.25) is 9.59 Å². The molecule has 154 valence electrons. The minimum atomic E-state index is -0.381. The number of hydrogen-bond donors (Lipinski definition) is 1. The molecule has 2 fully saturated rings. The Bertz CT molecular complexity index is 925. The van der Waals surface area contributed by atoms with Gasteiger partial charge in [-0.25, -0.2) is 4.98 Å². The number of aromatic nitrogens is 1. The first kappa shape index (κ1) is 19.6. The zero-order valence-corrected chi connectivity index (χ0v) is 17.0. The van der Waals surface area contributed by atoms with Crippen molar-refractivity contribution >= 4 is 17.5 Å². The van der Waals surface area contributed by atoms with E-state index in [-0.39, 0.29) is 23.6 Å². The molecule has 0 unspecified atom stereocenters. The van der Waals surface area contributed by atoms with E-state index in [2.05, 4.69) is 22.2 Å². The molecule has 4 rings (SSSR count). The number of fused-ring (bicyclic) bond motifs is 3. The normalized spacial score (nSPS) is 22.2. The van der Waals surface area contributed by atoms with Crippen LogP contribution in [0.5, 0.6) is 0 Å². The van der Waals surface area contributed by atoms with Gasteiger partial charge in [0, 0.05) is 36.8 Å². The van der Waals surface area contributed by atoms with Gasteiger partial charge in [0.05, 0.1) is 24.9 Å². The predicted molar refractivity (Wildman–Crippen MR) is 107 cm³/mol. The van der Waals surface area contributed by atoms with Gasteiger partial charge in [-0.1, -0.05) is 6.07 Å². The number of hydrogen-bond acceptors (Lipinski definition) is 6. The standard InChI is InChI=1S/C21H26N4O4/c1-13-4-5-16(6-18(13)23-20(26)19-14(2)22-12-29-19)21(27)25-8-15-7-24(3)9-17(25)11-28-10-15/h4-6,12,15,17H,7-11H2,1-3H3,(H,23,26)/t15-,17-/m0/s1. The topological polar surface area (TPSA) is 87.9 Å². The Balaban J connectivity index is 1.57. The summed E-state index contributed by atoms with van der Waals surface area (Å²) < 4.78 is 10.9. The maximum absolute atomic E-state index is 13.3. The van der Waals surface area contributed by atoms with Gasteiger partial charge >= 0.3 is 0 Å². The Morgan fingerprint density at radius 1 is 1.17 bits per heavy atom. The van der Waals surface area contributed by atoms with Crippen molar-refractivity contribution in [3.8, 4) is 0 Å². The smallest absolute Gasteiger partial charge is 0.293 e. The van der Waals surface area contributed by atoms with Crippen LogP contribution >= 0.6 is 0 Å². The highest BCUT2D eigenvalue weighted by atomic mass is 16.5. The van der Waals surface area contributed by atoms with E-state index in [1.165, 1.54) is 6.39 Å². The van der Waals surface area contributed by atoms with Crippen LogP contribution in [0.25, 0.3) is 0 Å². The molecule has 2 aliphatic rings. The largest absolute Gasteiger partial charge is 0.438 e. The van der Waals surface area contributed by atoms with E-state index in [1.807, 2.05) is 24.0 Å². The van der Waals surface area contributed by atoms with E-state index in [1.54, 1.807) is 13.0 Å². The van der Waals surface area contributed by atoms with Crippen LogP contribution in [-0.4, -0.2) is 72.5 Å². The van der Waals surface area contributed by atoms with Gasteiger partial charge in [0.2, 0.25) is 5.76 Å². The van der Waals surface area contributed by atoms with Crippen LogP contribution in [0.1, 0.15) is 32.2 Å². The Kier molecular flexibility index (Phi) is 5.38. The molecule has 1 N–H and O–H groups in total. The number of rotatable bonds is 3. The predicted octanol–water partition coefficient (Wildman–Crippen LogP) is 1.95. The number of nitrogens with one attached hydrogen (secondary N) is 1. The summed E-state index contributed by atoms with van der Waals surface area (Å²) in [7, 11) is 2.09. The van der Waals surface area contributed by atoms with Crippen molar-refractivity contribution in [3.63, 3.8) is 0 Å². The molecule has 0 radical (unpaired) electrons. The summed E-state index contributed by atoms with van der Waals surface area (Å²) in [5.41, 5.74) is 2.52. The minimum absolute atomic E-state index is 0.0242. The van der Waals surface area contributed by atoms with Gasteiger partial charge in [0.15, 0.2) is 6.39 Å². The maximum atomic E-state index is 13.3. The average molecular weight is 398 g/mol. The average Bonchev–Trinajstić information content (AvgIpc) is 2.92. The summed E-state index contributed by atoms with van der Waals surface area (Å²) >= 11 is 0. The molecule has 29 heavy (non-hydrogen) atoms. The van der Waals surface area contributed by atoms with Crippen LogP contribution in [0.3, 0.4) is 0 Å². The van der Waals surface area contributed by atoms with E-state index >= 15 is 0 Å². The molecule has 2 amide bonds. The van der Waals surface area contributed by atoms with Crippen molar-refractivity contribution in [2.45, 2.75) is 19.9 Å². The molecule has 2 aromatic rings. The van der Waals surface area contributed by atoms with Crippen molar-refractivity contribution in [1.29, 1.82) is 0 Å². The van der Waals surface area contributed by atoms with E-state index in [0.29, 0.717) is 42.6 Å². The number of oxazole rings is 1. The lowest BCUT2D eigenvalue weighted by Gasteiger charge is -2.30. The van der Waals surface area contributed by atoms with Gasteiger partial charge < -0.3 is 24.3 Å². The quantitative estimate of drug-likeness (QED) is 0.850. The van der Waals surface area contributed by atoms with E-state index < -0.39 is 0 Å². The summed E-state index contributed by atoms with van der Waals surface area (Å²) in [5, 5.41) is 2.84. The fraction of sp³-hybridized carbons (Fsp3) is 0.476. The van der Waals surface area contributed by atoms with Gasteiger partial charge in [-0.05, 0) is 38.6 Å². The van der Waals surface area contributed by atoms with Gasteiger partial charge in [-0.15, -0.1) is 0 Å². The molecule has 0 aliphatic carbocycles. The molecule has 2 atom stereocenters. The lowest BCUT2D eigenvalue weighted by atomic mass is 10.1. The highest BCUT2D eigenvalue weighted by Gasteiger charge is 2.35. The maximum Gasteiger partial charge on any atom is 0.293 e. The van der Waals surface area contributed by atoms with Gasteiger partial charge in [0.25, 0.3) is 11.8 Å². The Hall–Kier alpha value is -2.71. The summed E-state index contributed by atoms with van der Waals surface area (Å²) in [6.45, 7) is 7.22. The summed E-state index contributed by atoms with van der Waals surface area (Å²) in [4.78, 5) is 34.0. The number of carbonyl (C=O) groups is 2. The number of likely N-dealkylation sites (N-methyl/N-ethyl adjacent to an activating group) is 1. The summed E-state index contributed by atoms with van der Waals surface area (Å²) in [6.07, 6.45) is 1.24. The number of aryl methyl sites for hydroxylation is 2. The van der Waals surface area contributed by atoms with Crippen molar-refractivity contribution in [2.24, 2.45) is 5.92 Å². The molecule has 0 spiro atoms. The second kappa shape index (κ2) is 7.96. The third-order valence-corrected chi connectivity index (χ3v) is 5.60. The number of nitrogens with zero attached hydrogens (tertiary/aromatic N) is 3. The monoisotopic (exact) mass is 398 g/mol. The molecule has 8 nitrogen and oxygen atoms in total. The summed E-state index contributed by atoms with van der Waals surface area (Å²) in [6, 6.07) is 5.42. The van der Waals surface area contributed by atoms with E-state index in [9.17, 15) is 9.59 Å². The van der Waals surface area contributed by atoms with Crippen LogP contribution in [-0.2, 0) is 4.74 Å². The second-order valence-electron chi connectivity index (χ2n) is 7.99. The third kappa shape index (κ3) is 4.04. The molecule has 2 aliphatic heterocycles. The second-order valence-corrected chi connectivity index (χ2v) is 7.99. The van der Waals surface area contributed by atoms with Crippen LogP contribution in [0, 0.1) is 19.8 Å². The number of benzene rings is 1. The first-order valence-electron chi connectivity index (χ1n) is 9.81. The fourth-order valence-electron chi connectivity index (χ4n) is 4.08.